The summed E-state index contributed by atoms with van der Waals surface area (Å²) in [5.41, 5.74) is 2.12. The molecular formula is C39H32ClN3O6S2. The molecule has 1 aromatic heterocycles. The Morgan fingerprint density at radius 1 is 0.863 bits per heavy atom. The van der Waals surface area contributed by atoms with Gasteiger partial charge >= 0.3 is 4.87 Å². The molecule has 12 heteroatoms. The van der Waals surface area contributed by atoms with Crippen LogP contribution in [0.3, 0.4) is 0 Å². The number of carbonyl (C=O) groups is 3. The molecule has 3 fully saturated rings. The zero-order valence-electron chi connectivity index (χ0n) is 27.6. The van der Waals surface area contributed by atoms with E-state index < -0.39 is 11.8 Å². The zero-order valence-corrected chi connectivity index (χ0v) is 30.0. The predicted octanol–water partition coefficient (Wildman–Crippen LogP) is 7.05. The molecule has 2 aliphatic carbocycles. The Morgan fingerprint density at radius 3 is 2.33 bits per heavy atom. The van der Waals surface area contributed by atoms with Gasteiger partial charge in [0.15, 0.2) is 11.5 Å². The Labute approximate surface area is 306 Å². The minimum Gasteiger partial charge on any atom is -0.493 e. The lowest BCUT2D eigenvalue weighted by Crippen LogP contribution is -2.43. The van der Waals surface area contributed by atoms with Crippen molar-refractivity contribution in [2.24, 2.45) is 29.6 Å². The van der Waals surface area contributed by atoms with Crippen molar-refractivity contribution < 1.29 is 23.9 Å². The van der Waals surface area contributed by atoms with Crippen LogP contribution in [0, 0.1) is 29.6 Å². The van der Waals surface area contributed by atoms with Gasteiger partial charge in [-0.25, -0.2) is 0 Å². The maximum absolute atomic E-state index is 14.2. The highest BCUT2D eigenvalue weighted by molar-refractivity contribution is 8.00. The van der Waals surface area contributed by atoms with Crippen LogP contribution in [0.2, 0.25) is 5.02 Å². The van der Waals surface area contributed by atoms with Crippen molar-refractivity contribution in [2.75, 3.05) is 24.4 Å². The number of methoxy groups -OCH3 is 2. The molecule has 4 aromatic carbocycles. The molecule has 1 saturated heterocycles. The molecule has 5 aromatic rings. The van der Waals surface area contributed by atoms with Crippen LogP contribution >= 0.6 is 34.7 Å². The minimum atomic E-state index is -0.449. The first kappa shape index (κ1) is 32.3. The summed E-state index contributed by atoms with van der Waals surface area (Å²) in [4.78, 5) is 57.6. The summed E-state index contributed by atoms with van der Waals surface area (Å²) in [5.74, 6) is -0.817. The summed E-state index contributed by atoms with van der Waals surface area (Å²) < 4.78 is 12.8. The van der Waals surface area contributed by atoms with Crippen LogP contribution in [0.1, 0.15) is 22.8 Å². The van der Waals surface area contributed by atoms with Crippen molar-refractivity contribution in [3.8, 4) is 11.5 Å². The van der Waals surface area contributed by atoms with Crippen LogP contribution in [0.15, 0.2) is 94.7 Å². The first-order valence-corrected chi connectivity index (χ1v) is 18.9. The molecule has 3 heterocycles. The number of ether oxygens (including phenoxy) is 2. The molecule has 258 valence electrons. The van der Waals surface area contributed by atoms with Gasteiger partial charge < -0.3 is 14.8 Å². The van der Waals surface area contributed by atoms with E-state index in [1.807, 2.05) is 60.7 Å². The van der Waals surface area contributed by atoms with Crippen molar-refractivity contribution in [3.63, 3.8) is 0 Å². The summed E-state index contributed by atoms with van der Waals surface area (Å²) in [7, 11) is 3.18. The lowest BCUT2D eigenvalue weighted by molar-refractivity contribution is -0.123. The first-order valence-electron chi connectivity index (χ1n) is 16.8. The van der Waals surface area contributed by atoms with Crippen LogP contribution in [0.25, 0.3) is 10.8 Å². The first-order chi connectivity index (χ1) is 24.7. The van der Waals surface area contributed by atoms with Crippen molar-refractivity contribution in [1.82, 2.24) is 4.57 Å². The van der Waals surface area contributed by atoms with Gasteiger partial charge in [-0.3, -0.25) is 28.6 Å². The summed E-state index contributed by atoms with van der Waals surface area (Å²) in [6, 6.07) is 26.3. The number of rotatable bonds is 7. The Kier molecular flexibility index (Phi) is 7.79. The highest BCUT2D eigenvalue weighted by atomic mass is 35.5. The zero-order chi connectivity index (χ0) is 35.1. The number of imide groups is 1. The van der Waals surface area contributed by atoms with Crippen molar-refractivity contribution in [2.45, 2.75) is 29.2 Å². The monoisotopic (exact) mass is 737 g/mol. The number of amides is 3. The minimum absolute atomic E-state index is 0.0216. The molecule has 51 heavy (non-hydrogen) atoms. The number of thiazole rings is 1. The third-order valence-electron chi connectivity index (χ3n) is 11.1. The number of nitrogens with one attached hydrogen (secondary N) is 1. The van der Waals surface area contributed by atoms with E-state index in [1.165, 1.54) is 4.90 Å². The average Bonchev–Trinajstić information content (AvgIpc) is 3.86. The van der Waals surface area contributed by atoms with Gasteiger partial charge in [0.25, 0.3) is 0 Å². The smallest absolute Gasteiger partial charge is 0.308 e. The van der Waals surface area contributed by atoms with Crippen molar-refractivity contribution >= 4 is 74.6 Å². The molecule has 4 aliphatic rings. The van der Waals surface area contributed by atoms with Gasteiger partial charge in [0, 0.05) is 26.8 Å². The highest BCUT2D eigenvalue weighted by Gasteiger charge is 2.70. The number of thioether (sulfide) groups is 1. The van der Waals surface area contributed by atoms with Gasteiger partial charge in [0.2, 0.25) is 17.7 Å². The van der Waals surface area contributed by atoms with E-state index in [0.717, 1.165) is 44.0 Å². The number of carbonyl (C=O) groups excluding carboxylic acids is 3. The normalized spacial score (nSPS) is 25.9. The fraction of sp³-hybridized carbons (Fsp3) is 0.282. The molecule has 0 radical (unpaired) electrons. The van der Waals surface area contributed by atoms with Gasteiger partial charge in [0.1, 0.15) is 6.54 Å². The Bertz CT molecular complexity index is 2320. The Hall–Kier alpha value is -4.58. The van der Waals surface area contributed by atoms with Gasteiger partial charge in [-0.15, -0.1) is 11.8 Å². The second-order valence-corrected chi connectivity index (χ2v) is 16.2. The molecule has 3 amide bonds. The number of aromatic nitrogens is 1. The number of nitrogens with zero attached hydrogens (tertiary/aromatic N) is 2. The second-order valence-electron chi connectivity index (χ2n) is 13.6. The number of anilines is 2. The molecule has 7 unspecified atom stereocenters. The number of fused-ring (bicyclic) bond motifs is 10. The lowest BCUT2D eigenvalue weighted by Gasteiger charge is -2.43. The molecule has 1 N–H and O–H groups in total. The maximum atomic E-state index is 14.2. The largest absolute Gasteiger partial charge is 0.493 e. The molecular weight excluding hydrogens is 706 g/mol. The summed E-state index contributed by atoms with van der Waals surface area (Å²) >= 11 is 8.88. The highest BCUT2D eigenvalue weighted by Crippen LogP contribution is 2.69. The van der Waals surface area contributed by atoms with Crippen LogP contribution < -0.4 is 24.6 Å². The standard InChI is InChI=1S/C39H32ClN3O6S2/c1-48-27-14-8-21(16-28(27)49-2)30-31-25-17-26(33-32(25)36(45)43(37(33)46)24-12-9-22(40)10-13-24)34(31)50-38-35(30)51-39(47)42(38)18-29(44)41-23-11-7-19-5-3-4-6-20(19)15-23/h3-16,25-26,30-34H,17-18H2,1-2H3,(H,41,44). The van der Waals surface area contributed by atoms with E-state index >= 15 is 0 Å². The quantitative estimate of drug-likeness (QED) is 0.179. The summed E-state index contributed by atoms with van der Waals surface area (Å²) in [5, 5.41) is 6.28. The molecule has 9 rings (SSSR count). The summed E-state index contributed by atoms with van der Waals surface area (Å²) in [6.45, 7) is -0.150. The van der Waals surface area contributed by atoms with Gasteiger partial charge in [0.05, 0.1) is 36.8 Å². The third-order valence-corrected chi connectivity index (χ3v) is 14.2. The van der Waals surface area contributed by atoms with Crippen LogP contribution in [0.4, 0.5) is 11.4 Å². The van der Waals surface area contributed by atoms with E-state index in [2.05, 4.69) is 5.32 Å². The fourth-order valence-electron chi connectivity index (χ4n) is 9.13. The molecule has 2 saturated carbocycles. The van der Waals surface area contributed by atoms with Gasteiger partial charge in [-0.05, 0) is 89.0 Å². The number of hydrogen-bond acceptors (Lipinski definition) is 8. The van der Waals surface area contributed by atoms with Crippen LogP contribution in [-0.4, -0.2) is 41.8 Å². The Morgan fingerprint density at radius 2 is 1.59 bits per heavy atom. The molecule has 2 aliphatic heterocycles. The van der Waals surface area contributed by atoms with Gasteiger partial charge in [-0.1, -0.05) is 59.3 Å². The fourth-order valence-corrected chi connectivity index (χ4v) is 12.4. The molecule has 7 atom stereocenters. The van der Waals surface area contributed by atoms with Crippen LogP contribution in [0.5, 0.6) is 11.5 Å². The molecule has 0 spiro atoms. The third kappa shape index (κ3) is 5.03. The van der Waals surface area contributed by atoms with E-state index in [4.69, 9.17) is 21.1 Å². The van der Waals surface area contributed by atoms with E-state index in [1.54, 1.807) is 54.8 Å². The molecule has 9 nitrogen and oxygen atoms in total. The Balaban J connectivity index is 1.10. The second kappa shape index (κ2) is 12.3. The maximum Gasteiger partial charge on any atom is 0.308 e. The van der Waals surface area contributed by atoms with Crippen molar-refractivity contribution in [1.29, 1.82) is 0 Å². The van der Waals surface area contributed by atoms with E-state index in [-0.39, 0.29) is 58.1 Å². The van der Waals surface area contributed by atoms with Crippen molar-refractivity contribution in [3.05, 3.63) is 110 Å². The topological polar surface area (TPSA) is 107 Å². The molecule has 2 bridgehead atoms. The average molecular weight is 738 g/mol. The number of hydrogen-bond donors (Lipinski definition) is 1. The van der Waals surface area contributed by atoms with Gasteiger partial charge in [-0.2, -0.15) is 0 Å². The van der Waals surface area contributed by atoms with E-state index in [0.29, 0.717) is 27.9 Å². The SMILES string of the molecule is COc1ccc(C2c3sc(=O)n(CC(=O)Nc4ccc5ccccc5c4)c3SC3C4CC(C5C(=O)N(c6ccc(Cl)cc6)C(=O)C45)C23)cc1OC. The summed E-state index contributed by atoms with van der Waals surface area (Å²) in [6.07, 6.45) is 0.745. The lowest BCUT2D eigenvalue weighted by atomic mass is 9.68. The van der Waals surface area contributed by atoms with Crippen LogP contribution in [-0.2, 0) is 20.9 Å². The number of halogens is 1. The number of benzene rings is 4. The van der Waals surface area contributed by atoms with E-state index in [9.17, 15) is 19.2 Å². The predicted molar refractivity (Wildman–Crippen MR) is 198 cm³/mol.